The number of nitrogens with zero attached hydrogens (tertiary/aromatic N) is 2. The molecule has 1 N–H and O–H groups in total. The maximum absolute atomic E-state index is 5.06. The summed E-state index contributed by atoms with van der Waals surface area (Å²) >= 11 is 0. The molecule has 1 aromatic carbocycles. The molecule has 1 aliphatic carbocycles. The van der Waals surface area contributed by atoms with Crippen LogP contribution in [-0.2, 0) is 12.8 Å². The van der Waals surface area contributed by atoms with Crippen molar-refractivity contribution in [3.8, 4) is 0 Å². The normalized spacial score (nSPS) is 15.2. The van der Waals surface area contributed by atoms with Gasteiger partial charge in [0.1, 0.15) is 0 Å². The minimum absolute atomic E-state index is 0.378. The van der Waals surface area contributed by atoms with Gasteiger partial charge >= 0.3 is 6.01 Å². The molecule has 0 spiro atoms. The topological polar surface area (TPSA) is 51.0 Å². The maximum atomic E-state index is 5.06. The van der Waals surface area contributed by atoms with Crippen LogP contribution < -0.4 is 5.32 Å². The molecule has 0 atom stereocenters. The summed E-state index contributed by atoms with van der Waals surface area (Å²) in [7, 11) is 0. The second kappa shape index (κ2) is 3.38. The Morgan fingerprint density at radius 3 is 2.53 bits per heavy atom. The lowest BCUT2D eigenvalue weighted by molar-refractivity contribution is 0.554. The molecule has 2 aromatic rings. The van der Waals surface area contributed by atoms with Crippen LogP contribution in [0.25, 0.3) is 0 Å². The van der Waals surface area contributed by atoms with Crippen LogP contribution in [0.3, 0.4) is 0 Å². The van der Waals surface area contributed by atoms with E-state index in [4.69, 9.17) is 4.42 Å². The fourth-order valence-corrected chi connectivity index (χ4v) is 2.07. The second-order valence-corrected chi connectivity index (χ2v) is 3.76. The number of benzene rings is 1. The van der Waals surface area contributed by atoms with Gasteiger partial charge in [-0.3, -0.25) is 0 Å². The Morgan fingerprint density at radius 1 is 1.20 bits per heavy atom. The molecule has 0 radical (unpaired) electrons. The van der Waals surface area contributed by atoms with E-state index in [9.17, 15) is 0 Å². The first-order valence-electron chi connectivity index (χ1n) is 5.01. The molecule has 0 unspecified atom stereocenters. The van der Waals surface area contributed by atoms with E-state index in [2.05, 4.69) is 39.8 Å². The van der Waals surface area contributed by atoms with Gasteiger partial charge in [-0.1, -0.05) is 29.4 Å². The first-order valence-corrected chi connectivity index (χ1v) is 5.01. The van der Waals surface area contributed by atoms with E-state index in [-0.39, 0.29) is 0 Å². The van der Waals surface area contributed by atoms with Gasteiger partial charge in [-0.2, -0.15) is 0 Å². The molecule has 0 aliphatic heterocycles. The SMILES string of the molecule is c1ccc2c(c1)CC(Nc1nnco1)C2. The summed E-state index contributed by atoms with van der Waals surface area (Å²) in [6.45, 7) is 0. The Morgan fingerprint density at radius 2 is 1.93 bits per heavy atom. The monoisotopic (exact) mass is 201 g/mol. The van der Waals surface area contributed by atoms with Gasteiger partial charge in [-0.05, 0) is 24.0 Å². The van der Waals surface area contributed by atoms with E-state index in [1.165, 1.54) is 17.5 Å². The predicted molar refractivity (Wildman–Crippen MR) is 55.6 cm³/mol. The summed E-state index contributed by atoms with van der Waals surface area (Å²) in [4.78, 5) is 0. The van der Waals surface area contributed by atoms with Crippen LogP contribution in [-0.4, -0.2) is 16.2 Å². The van der Waals surface area contributed by atoms with Crippen LogP contribution in [0.2, 0.25) is 0 Å². The van der Waals surface area contributed by atoms with Gasteiger partial charge in [-0.25, -0.2) is 0 Å². The van der Waals surface area contributed by atoms with Crippen molar-refractivity contribution in [2.45, 2.75) is 18.9 Å². The van der Waals surface area contributed by atoms with Gasteiger partial charge in [0.15, 0.2) is 0 Å². The molecule has 1 heterocycles. The number of anilines is 1. The van der Waals surface area contributed by atoms with Crippen molar-refractivity contribution in [1.29, 1.82) is 0 Å². The molecular formula is C11H11N3O. The Kier molecular flexibility index (Phi) is 1.91. The molecule has 0 amide bonds. The maximum Gasteiger partial charge on any atom is 0.315 e. The Labute approximate surface area is 87.3 Å². The highest BCUT2D eigenvalue weighted by molar-refractivity contribution is 5.36. The summed E-state index contributed by atoms with van der Waals surface area (Å²) in [6.07, 6.45) is 3.39. The lowest BCUT2D eigenvalue weighted by Crippen LogP contribution is -2.19. The lowest BCUT2D eigenvalue weighted by atomic mass is 10.1. The average molecular weight is 201 g/mol. The number of hydrogen-bond donors (Lipinski definition) is 1. The highest BCUT2D eigenvalue weighted by atomic mass is 16.4. The third-order valence-electron chi connectivity index (χ3n) is 2.74. The van der Waals surface area contributed by atoms with Crippen LogP contribution >= 0.6 is 0 Å². The third-order valence-corrected chi connectivity index (χ3v) is 2.74. The molecule has 3 rings (SSSR count). The highest BCUT2D eigenvalue weighted by Crippen LogP contribution is 2.23. The minimum atomic E-state index is 0.378. The molecule has 0 bridgehead atoms. The first-order chi connectivity index (χ1) is 7.42. The second-order valence-electron chi connectivity index (χ2n) is 3.76. The van der Waals surface area contributed by atoms with Crippen LogP contribution in [0, 0.1) is 0 Å². The Hall–Kier alpha value is -1.84. The van der Waals surface area contributed by atoms with Crippen molar-refractivity contribution in [3.63, 3.8) is 0 Å². The van der Waals surface area contributed by atoms with Crippen molar-refractivity contribution in [3.05, 3.63) is 41.8 Å². The first kappa shape index (κ1) is 8.47. The van der Waals surface area contributed by atoms with E-state index >= 15 is 0 Å². The van der Waals surface area contributed by atoms with Crippen molar-refractivity contribution < 1.29 is 4.42 Å². The highest BCUT2D eigenvalue weighted by Gasteiger charge is 2.21. The van der Waals surface area contributed by atoms with E-state index in [1.807, 2.05) is 0 Å². The summed E-state index contributed by atoms with van der Waals surface area (Å²) in [5.74, 6) is 0. The van der Waals surface area contributed by atoms with Gasteiger partial charge in [0, 0.05) is 6.04 Å². The van der Waals surface area contributed by atoms with Crippen molar-refractivity contribution in [1.82, 2.24) is 10.2 Å². The predicted octanol–water partition coefficient (Wildman–Crippen LogP) is 1.65. The molecule has 15 heavy (non-hydrogen) atoms. The molecule has 76 valence electrons. The standard InChI is InChI=1S/C11H11N3O/c1-2-4-9-6-10(5-8(9)3-1)13-11-14-12-7-15-11/h1-4,7,10H,5-6H2,(H,13,14). The van der Waals surface area contributed by atoms with Gasteiger partial charge in [0.2, 0.25) is 6.39 Å². The van der Waals surface area contributed by atoms with Crippen LogP contribution in [0.15, 0.2) is 35.1 Å². The summed E-state index contributed by atoms with van der Waals surface area (Å²) in [5.41, 5.74) is 2.82. The molecular weight excluding hydrogens is 190 g/mol. The molecule has 1 aromatic heterocycles. The molecule has 1 aliphatic rings. The zero-order valence-corrected chi connectivity index (χ0v) is 8.18. The van der Waals surface area contributed by atoms with E-state index in [0.717, 1.165) is 12.8 Å². The molecule has 0 saturated carbocycles. The number of nitrogens with one attached hydrogen (secondary N) is 1. The quantitative estimate of drug-likeness (QED) is 0.802. The fourth-order valence-electron chi connectivity index (χ4n) is 2.07. The van der Waals surface area contributed by atoms with E-state index < -0.39 is 0 Å². The van der Waals surface area contributed by atoms with Crippen LogP contribution in [0.1, 0.15) is 11.1 Å². The average Bonchev–Trinajstić information content (AvgIpc) is 2.86. The molecule has 0 saturated heterocycles. The third kappa shape index (κ3) is 1.58. The number of rotatable bonds is 2. The zero-order chi connectivity index (χ0) is 10.1. The Bertz CT molecular complexity index is 425. The van der Waals surface area contributed by atoms with E-state index in [1.54, 1.807) is 0 Å². The van der Waals surface area contributed by atoms with Gasteiger partial charge in [0.05, 0.1) is 0 Å². The molecule has 4 heteroatoms. The zero-order valence-electron chi connectivity index (χ0n) is 8.18. The van der Waals surface area contributed by atoms with Crippen LogP contribution in [0.5, 0.6) is 0 Å². The van der Waals surface area contributed by atoms with Crippen LogP contribution in [0.4, 0.5) is 6.01 Å². The van der Waals surface area contributed by atoms with E-state index in [0.29, 0.717) is 12.1 Å². The largest absolute Gasteiger partial charge is 0.411 e. The van der Waals surface area contributed by atoms with Gasteiger partial charge < -0.3 is 9.73 Å². The molecule has 4 nitrogen and oxygen atoms in total. The lowest BCUT2D eigenvalue weighted by Gasteiger charge is -2.07. The summed E-state index contributed by atoms with van der Waals surface area (Å²) in [6, 6.07) is 9.38. The molecule has 0 fully saturated rings. The fraction of sp³-hybridized carbons (Fsp3) is 0.273. The summed E-state index contributed by atoms with van der Waals surface area (Å²) in [5, 5.41) is 10.7. The van der Waals surface area contributed by atoms with Crippen molar-refractivity contribution >= 4 is 6.01 Å². The Balaban J connectivity index is 1.74. The minimum Gasteiger partial charge on any atom is -0.411 e. The number of aromatic nitrogens is 2. The number of fused-ring (bicyclic) bond motifs is 1. The van der Waals surface area contributed by atoms with Gasteiger partial charge in [-0.15, -0.1) is 5.10 Å². The van der Waals surface area contributed by atoms with Gasteiger partial charge in [0.25, 0.3) is 0 Å². The van der Waals surface area contributed by atoms with Crippen molar-refractivity contribution in [2.75, 3.05) is 5.32 Å². The number of hydrogen-bond acceptors (Lipinski definition) is 4. The van der Waals surface area contributed by atoms with Crippen molar-refractivity contribution in [2.24, 2.45) is 0 Å². The smallest absolute Gasteiger partial charge is 0.315 e. The summed E-state index contributed by atoms with van der Waals surface area (Å²) < 4.78 is 5.06.